The second-order valence-corrected chi connectivity index (χ2v) is 4.33. The Bertz CT molecular complexity index is 587. The van der Waals surface area contributed by atoms with E-state index in [-0.39, 0.29) is 0 Å². The molecule has 0 aliphatic heterocycles. The van der Waals surface area contributed by atoms with E-state index in [1.807, 2.05) is 24.3 Å². The molecule has 3 rings (SSSR count). The average Bonchev–Trinajstić information content (AvgIpc) is 2.54. The minimum atomic E-state index is 0.698. The van der Waals surface area contributed by atoms with Crippen molar-refractivity contribution in [2.24, 2.45) is 5.16 Å². The van der Waals surface area contributed by atoms with Gasteiger partial charge in [-0.3, -0.25) is 0 Å². The van der Waals surface area contributed by atoms with Crippen LogP contribution in [0, 0.1) is 0 Å². The molecule has 0 amide bonds. The molecule has 2 aromatic rings. The van der Waals surface area contributed by atoms with Gasteiger partial charge in [0.1, 0.15) is 0 Å². The lowest BCUT2D eigenvalue weighted by Crippen LogP contribution is -2.05. The summed E-state index contributed by atoms with van der Waals surface area (Å²) in [4.78, 5) is 0. The van der Waals surface area contributed by atoms with Crippen LogP contribution in [0.15, 0.2) is 53.7 Å². The van der Waals surface area contributed by atoms with Crippen LogP contribution in [0.5, 0.6) is 0 Å². The van der Waals surface area contributed by atoms with Crippen molar-refractivity contribution in [1.82, 2.24) is 0 Å². The predicted molar refractivity (Wildman–Crippen MR) is 67.7 cm³/mol. The van der Waals surface area contributed by atoms with Gasteiger partial charge in [-0.05, 0) is 23.1 Å². The van der Waals surface area contributed by atoms with Gasteiger partial charge in [-0.25, -0.2) is 0 Å². The Balaban J connectivity index is 2.20. The first-order valence-corrected chi connectivity index (χ1v) is 5.74. The van der Waals surface area contributed by atoms with E-state index in [4.69, 9.17) is 0 Å². The van der Waals surface area contributed by atoms with Crippen molar-refractivity contribution >= 4 is 5.71 Å². The zero-order valence-electron chi connectivity index (χ0n) is 9.43. The van der Waals surface area contributed by atoms with E-state index >= 15 is 0 Å². The Morgan fingerprint density at radius 1 is 0.765 bits per heavy atom. The fraction of sp³-hybridized carbons (Fsp3) is 0.133. The van der Waals surface area contributed by atoms with Crippen LogP contribution in [0.25, 0.3) is 0 Å². The summed E-state index contributed by atoms with van der Waals surface area (Å²) in [5.74, 6) is 0. The van der Waals surface area contributed by atoms with E-state index < -0.39 is 0 Å². The molecule has 0 saturated heterocycles. The quantitative estimate of drug-likeness (QED) is 0.540. The number of hydrogen-bond acceptors (Lipinski definition) is 2. The van der Waals surface area contributed by atoms with Gasteiger partial charge in [0.05, 0.1) is 5.71 Å². The van der Waals surface area contributed by atoms with Crippen molar-refractivity contribution < 1.29 is 5.21 Å². The molecule has 0 aromatic heterocycles. The van der Waals surface area contributed by atoms with Crippen LogP contribution in [0.4, 0.5) is 0 Å². The number of oxime groups is 1. The monoisotopic (exact) mass is 223 g/mol. The summed E-state index contributed by atoms with van der Waals surface area (Å²) >= 11 is 0. The summed E-state index contributed by atoms with van der Waals surface area (Å²) in [5.41, 5.74) is 5.61. The van der Waals surface area contributed by atoms with Crippen molar-refractivity contribution in [2.45, 2.75) is 12.8 Å². The van der Waals surface area contributed by atoms with Crippen LogP contribution in [-0.2, 0) is 12.8 Å². The summed E-state index contributed by atoms with van der Waals surface area (Å²) in [6.45, 7) is 0. The molecule has 2 nitrogen and oxygen atoms in total. The molecule has 84 valence electrons. The largest absolute Gasteiger partial charge is 0.411 e. The minimum absolute atomic E-state index is 0.698. The van der Waals surface area contributed by atoms with Crippen molar-refractivity contribution in [2.75, 3.05) is 0 Å². The summed E-state index contributed by atoms with van der Waals surface area (Å²) in [6.07, 6.45) is 1.61. The highest BCUT2D eigenvalue weighted by Crippen LogP contribution is 2.24. The molecule has 2 aromatic carbocycles. The molecule has 0 spiro atoms. The van der Waals surface area contributed by atoms with Gasteiger partial charge in [-0.15, -0.1) is 0 Å². The topological polar surface area (TPSA) is 32.6 Å². The molecule has 1 aliphatic rings. The third-order valence-electron chi connectivity index (χ3n) is 3.31. The third kappa shape index (κ3) is 1.72. The Labute approximate surface area is 100 Å². The number of nitrogens with zero attached hydrogens (tertiary/aromatic N) is 1. The average molecular weight is 223 g/mol. The third-order valence-corrected chi connectivity index (χ3v) is 3.31. The summed E-state index contributed by atoms with van der Waals surface area (Å²) in [6, 6.07) is 16.5. The molecule has 0 unspecified atom stereocenters. The van der Waals surface area contributed by atoms with Gasteiger partial charge in [0.2, 0.25) is 0 Å². The van der Waals surface area contributed by atoms with Crippen molar-refractivity contribution in [3.63, 3.8) is 0 Å². The van der Waals surface area contributed by atoms with E-state index in [1.165, 1.54) is 16.7 Å². The maximum Gasteiger partial charge on any atom is 0.0914 e. The zero-order chi connectivity index (χ0) is 11.7. The van der Waals surface area contributed by atoms with E-state index in [1.54, 1.807) is 0 Å². The lowest BCUT2D eigenvalue weighted by atomic mass is 10.0. The number of rotatable bonds is 0. The van der Waals surface area contributed by atoms with Gasteiger partial charge >= 0.3 is 0 Å². The number of hydrogen-bond donors (Lipinski definition) is 1. The molecule has 0 radical (unpaired) electrons. The first-order valence-electron chi connectivity index (χ1n) is 5.74. The van der Waals surface area contributed by atoms with E-state index in [2.05, 4.69) is 29.4 Å². The lowest BCUT2D eigenvalue weighted by molar-refractivity contribution is 0.318. The van der Waals surface area contributed by atoms with Gasteiger partial charge < -0.3 is 5.21 Å². The van der Waals surface area contributed by atoms with E-state index in [9.17, 15) is 5.21 Å². The molecular formula is C15H13NO. The highest BCUT2D eigenvalue weighted by atomic mass is 16.4. The van der Waals surface area contributed by atoms with Crippen LogP contribution in [0.3, 0.4) is 0 Å². The molecular weight excluding hydrogens is 210 g/mol. The highest BCUT2D eigenvalue weighted by molar-refractivity contribution is 6.03. The molecule has 17 heavy (non-hydrogen) atoms. The predicted octanol–water partition coefficient (Wildman–Crippen LogP) is 3.01. The highest BCUT2D eigenvalue weighted by Gasteiger charge is 2.17. The molecule has 1 N–H and O–H groups in total. The van der Waals surface area contributed by atoms with Crippen LogP contribution in [-0.4, -0.2) is 10.9 Å². The molecule has 0 fully saturated rings. The number of fused-ring (bicyclic) bond motifs is 2. The zero-order valence-corrected chi connectivity index (χ0v) is 9.43. The molecule has 1 aliphatic carbocycles. The van der Waals surface area contributed by atoms with Crippen LogP contribution >= 0.6 is 0 Å². The second-order valence-electron chi connectivity index (χ2n) is 4.33. The van der Waals surface area contributed by atoms with Gasteiger partial charge in [0, 0.05) is 12.0 Å². The van der Waals surface area contributed by atoms with Gasteiger partial charge in [-0.1, -0.05) is 53.7 Å². The van der Waals surface area contributed by atoms with Gasteiger partial charge in [0.15, 0.2) is 0 Å². The summed E-state index contributed by atoms with van der Waals surface area (Å²) in [7, 11) is 0. The normalized spacial score (nSPS) is 16.1. The number of benzene rings is 2. The Morgan fingerprint density at radius 3 is 2.06 bits per heavy atom. The SMILES string of the molecule is O/N=C1\Cc2ccccc2Cc2ccccc21. The summed E-state index contributed by atoms with van der Waals surface area (Å²) < 4.78 is 0. The fourth-order valence-corrected chi connectivity index (χ4v) is 2.43. The fourth-order valence-electron chi connectivity index (χ4n) is 2.43. The summed E-state index contributed by atoms with van der Waals surface area (Å²) in [5, 5.41) is 12.6. The minimum Gasteiger partial charge on any atom is -0.411 e. The smallest absolute Gasteiger partial charge is 0.0914 e. The van der Waals surface area contributed by atoms with Crippen molar-refractivity contribution in [3.8, 4) is 0 Å². The molecule has 0 bridgehead atoms. The maximum atomic E-state index is 9.18. The Kier molecular flexibility index (Phi) is 2.41. The van der Waals surface area contributed by atoms with Crippen molar-refractivity contribution in [1.29, 1.82) is 0 Å². The molecule has 0 atom stereocenters. The lowest BCUT2D eigenvalue weighted by Gasteiger charge is -2.04. The van der Waals surface area contributed by atoms with Crippen LogP contribution in [0.1, 0.15) is 22.3 Å². The maximum absolute atomic E-state index is 9.18. The molecule has 0 heterocycles. The standard InChI is InChI=1S/C15H13NO/c17-16-15-10-12-6-2-1-5-11(12)9-13-7-3-4-8-14(13)15/h1-8,17H,9-10H2/b16-15+. The van der Waals surface area contributed by atoms with E-state index in [0.717, 1.165) is 17.7 Å². The van der Waals surface area contributed by atoms with Crippen molar-refractivity contribution in [3.05, 3.63) is 70.8 Å². The van der Waals surface area contributed by atoms with E-state index in [0.29, 0.717) is 6.42 Å². The second kappa shape index (κ2) is 4.06. The van der Waals surface area contributed by atoms with Crippen LogP contribution in [0.2, 0.25) is 0 Å². The molecule has 0 saturated carbocycles. The van der Waals surface area contributed by atoms with Gasteiger partial charge in [0.25, 0.3) is 0 Å². The molecule has 2 heteroatoms. The first kappa shape index (κ1) is 10.1. The van der Waals surface area contributed by atoms with Gasteiger partial charge in [-0.2, -0.15) is 0 Å². The van der Waals surface area contributed by atoms with Crippen LogP contribution < -0.4 is 0 Å². The Morgan fingerprint density at radius 2 is 1.35 bits per heavy atom. The first-order chi connectivity index (χ1) is 8.38. The Hall–Kier alpha value is -2.09.